The Hall–Kier alpha value is -1.60. The molecule has 0 aromatic heterocycles. The Morgan fingerprint density at radius 1 is 0.957 bits per heavy atom. The molecule has 2 aromatic rings. The van der Waals surface area contributed by atoms with E-state index in [-0.39, 0.29) is 0 Å². The van der Waals surface area contributed by atoms with E-state index in [4.69, 9.17) is 4.74 Å². The number of ether oxygens (including phenoxy) is 1. The summed E-state index contributed by atoms with van der Waals surface area (Å²) in [6.07, 6.45) is 5.81. The normalized spacial score (nSPS) is 13.2. The van der Waals surface area contributed by atoms with Crippen molar-refractivity contribution in [3.05, 3.63) is 91.5 Å². The fourth-order valence-corrected chi connectivity index (χ4v) is 4.38. The third-order valence-corrected chi connectivity index (χ3v) is 6.06. The van der Waals surface area contributed by atoms with E-state index in [1.807, 2.05) is 12.1 Å². The molecule has 120 valence electrons. The fraction of sp³-hybridized carbons (Fsp3) is 0.238. The summed E-state index contributed by atoms with van der Waals surface area (Å²) in [5, 5.41) is 1.21. The molecule has 0 heterocycles. The van der Waals surface area contributed by atoms with Crippen LogP contribution in [0.5, 0.6) is 0 Å². The summed E-state index contributed by atoms with van der Waals surface area (Å²) in [6.45, 7) is 8.35. The topological polar surface area (TPSA) is 9.23 Å². The molecule has 0 N–H and O–H groups in total. The van der Waals surface area contributed by atoms with E-state index in [2.05, 4.69) is 67.8 Å². The first-order chi connectivity index (χ1) is 11.3. The van der Waals surface area contributed by atoms with Crippen molar-refractivity contribution < 1.29 is 4.74 Å². The van der Waals surface area contributed by atoms with Crippen LogP contribution in [-0.4, -0.2) is 21.6 Å². The van der Waals surface area contributed by atoms with E-state index in [1.54, 1.807) is 6.08 Å². The molecule has 23 heavy (non-hydrogen) atoms. The molecule has 1 atom stereocenters. The standard InChI is InChI=1S/C21H24OSe/c1-3-17-22-21(4-2,19-12-7-5-8-13-19)16-11-18-23-20-14-9-6-10-15-20/h3-10,12-15H,1-2,11,16-18H2. The molecule has 0 aliphatic rings. The monoisotopic (exact) mass is 372 g/mol. The van der Waals surface area contributed by atoms with Gasteiger partial charge < -0.3 is 0 Å². The van der Waals surface area contributed by atoms with Gasteiger partial charge in [0, 0.05) is 0 Å². The van der Waals surface area contributed by atoms with Crippen molar-refractivity contribution in [3.63, 3.8) is 0 Å². The van der Waals surface area contributed by atoms with E-state index in [0.29, 0.717) is 21.6 Å². The molecule has 0 bridgehead atoms. The molecule has 1 nitrogen and oxygen atoms in total. The van der Waals surface area contributed by atoms with Gasteiger partial charge >= 0.3 is 146 Å². The van der Waals surface area contributed by atoms with Gasteiger partial charge in [0.2, 0.25) is 0 Å². The summed E-state index contributed by atoms with van der Waals surface area (Å²) in [5.41, 5.74) is 0.756. The molecule has 2 aromatic carbocycles. The number of hydrogen-bond acceptors (Lipinski definition) is 1. The minimum absolute atomic E-state index is 0.414. The van der Waals surface area contributed by atoms with Gasteiger partial charge in [-0.15, -0.1) is 0 Å². The third kappa shape index (κ3) is 5.21. The predicted molar refractivity (Wildman–Crippen MR) is 100 cm³/mol. The molecule has 0 spiro atoms. The van der Waals surface area contributed by atoms with Gasteiger partial charge in [-0.1, -0.05) is 0 Å². The van der Waals surface area contributed by atoms with Crippen LogP contribution in [0.25, 0.3) is 0 Å². The van der Waals surface area contributed by atoms with Crippen LogP contribution in [0.2, 0.25) is 5.32 Å². The van der Waals surface area contributed by atoms with E-state index < -0.39 is 5.60 Å². The summed E-state index contributed by atoms with van der Waals surface area (Å²) in [6, 6.07) is 21.1. The Labute approximate surface area is 146 Å². The second-order valence-electron chi connectivity index (χ2n) is 5.32. The number of hydrogen-bond donors (Lipinski definition) is 0. The summed E-state index contributed by atoms with van der Waals surface area (Å²) >= 11 is 0.517. The van der Waals surface area contributed by atoms with Crippen LogP contribution >= 0.6 is 0 Å². The Balaban J connectivity index is 2.00. The molecule has 0 fully saturated rings. The van der Waals surface area contributed by atoms with Gasteiger partial charge in [0.25, 0.3) is 0 Å². The van der Waals surface area contributed by atoms with Crippen LogP contribution < -0.4 is 4.46 Å². The zero-order valence-corrected chi connectivity index (χ0v) is 15.2. The molecule has 2 heteroatoms. The average molecular weight is 371 g/mol. The predicted octanol–water partition coefficient (Wildman–Crippen LogP) is 4.50. The first-order valence-electron chi connectivity index (χ1n) is 7.92. The van der Waals surface area contributed by atoms with E-state index >= 15 is 0 Å². The van der Waals surface area contributed by atoms with Gasteiger partial charge in [-0.05, 0) is 0 Å². The van der Waals surface area contributed by atoms with Gasteiger partial charge in [0.1, 0.15) is 0 Å². The van der Waals surface area contributed by atoms with Crippen LogP contribution in [0.1, 0.15) is 18.4 Å². The van der Waals surface area contributed by atoms with Crippen molar-refractivity contribution in [1.29, 1.82) is 0 Å². The SMILES string of the molecule is C=CCOC(C=C)(CCC[Se]c1ccccc1)c1ccccc1. The van der Waals surface area contributed by atoms with Gasteiger partial charge in [0.15, 0.2) is 0 Å². The van der Waals surface area contributed by atoms with Crippen molar-refractivity contribution in [3.8, 4) is 0 Å². The van der Waals surface area contributed by atoms with Crippen molar-refractivity contribution >= 4 is 19.4 Å². The molecular formula is C21H24OSe. The Morgan fingerprint density at radius 3 is 2.22 bits per heavy atom. The van der Waals surface area contributed by atoms with Gasteiger partial charge in [-0.25, -0.2) is 0 Å². The number of rotatable bonds is 10. The fourth-order valence-electron chi connectivity index (χ4n) is 2.55. The van der Waals surface area contributed by atoms with E-state index in [1.165, 1.54) is 15.3 Å². The molecule has 0 aliphatic carbocycles. The first kappa shape index (κ1) is 17.7. The molecule has 0 saturated carbocycles. The zero-order valence-electron chi connectivity index (χ0n) is 13.5. The molecule has 0 radical (unpaired) electrons. The maximum atomic E-state index is 6.14. The molecule has 2 rings (SSSR count). The first-order valence-corrected chi connectivity index (χ1v) is 9.99. The van der Waals surface area contributed by atoms with Gasteiger partial charge in [-0.2, -0.15) is 0 Å². The summed E-state index contributed by atoms with van der Waals surface area (Å²) < 4.78 is 7.59. The van der Waals surface area contributed by atoms with Crippen LogP contribution in [-0.2, 0) is 10.3 Å². The molecule has 0 saturated heterocycles. The average Bonchev–Trinajstić information content (AvgIpc) is 2.63. The minimum atomic E-state index is -0.414. The van der Waals surface area contributed by atoms with Crippen molar-refractivity contribution in [2.75, 3.05) is 6.61 Å². The van der Waals surface area contributed by atoms with E-state index in [9.17, 15) is 0 Å². The van der Waals surface area contributed by atoms with Crippen LogP contribution in [0.4, 0.5) is 0 Å². The molecule has 0 aliphatic heterocycles. The van der Waals surface area contributed by atoms with E-state index in [0.717, 1.165) is 12.8 Å². The maximum absolute atomic E-state index is 6.14. The summed E-state index contributed by atoms with van der Waals surface area (Å²) in [7, 11) is 0. The van der Waals surface area contributed by atoms with Crippen LogP contribution in [0.3, 0.4) is 0 Å². The summed E-state index contributed by atoms with van der Waals surface area (Å²) in [4.78, 5) is 0. The molecule has 0 amide bonds. The van der Waals surface area contributed by atoms with Crippen LogP contribution in [0, 0.1) is 0 Å². The molecular weight excluding hydrogens is 347 g/mol. The second-order valence-corrected chi connectivity index (χ2v) is 7.78. The number of benzene rings is 2. The van der Waals surface area contributed by atoms with Crippen molar-refractivity contribution in [2.45, 2.75) is 23.8 Å². The summed E-state index contributed by atoms with van der Waals surface area (Å²) in [5.74, 6) is 0. The Bertz CT molecular complexity index is 594. The van der Waals surface area contributed by atoms with Crippen molar-refractivity contribution in [2.24, 2.45) is 0 Å². The van der Waals surface area contributed by atoms with Gasteiger partial charge in [0.05, 0.1) is 0 Å². The zero-order chi connectivity index (χ0) is 16.4. The third-order valence-electron chi connectivity index (χ3n) is 3.76. The quantitative estimate of drug-likeness (QED) is 0.340. The Kier molecular flexibility index (Phi) is 7.35. The Morgan fingerprint density at radius 2 is 1.61 bits per heavy atom. The van der Waals surface area contributed by atoms with Gasteiger partial charge in [-0.3, -0.25) is 0 Å². The molecule has 1 unspecified atom stereocenters. The van der Waals surface area contributed by atoms with Crippen molar-refractivity contribution in [1.82, 2.24) is 0 Å². The second kappa shape index (κ2) is 9.52. The van der Waals surface area contributed by atoms with Crippen LogP contribution in [0.15, 0.2) is 86.0 Å².